The molecule has 0 radical (unpaired) electrons. The van der Waals surface area contributed by atoms with Crippen molar-refractivity contribution in [2.75, 3.05) is 11.9 Å². The van der Waals surface area contributed by atoms with E-state index in [-0.39, 0.29) is 18.3 Å². The minimum Gasteiger partial charge on any atom is -0.485 e. The molecule has 4 heteroatoms. The zero-order chi connectivity index (χ0) is 19.2. The van der Waals surface area contributed by atoms with Crippen LogP contribution >= 0.6 is 0 Å². The summed E-state index contributed by atoms with van der Waals surface area (Å²) in [7, 11) is 0. The maximum atomic E-state index is 12.3. The Labute approximate surface area is 158 Å². The summed E-state index contributed by atoms with van der Waals surface area (Å²) in [4.78, 5) is 24.4. The van der Waals surface area contributed by atoms with E-state index in [4.69, 9.17) is 4.74 Å². The molecule has 0 unspecified atom stereocenters. The predicted octanol–water partition coefficient (Wildman–Crippen LogP) is 4.82. The van der Waals surface area contributed by atoms with Crippen molar-refractivity contribution in [3.63, 3.8) is 0 Å². The number of rotatable bonds is 6. The van der Waals surface area contributed by atoms with Crippen LogP contribution in [0.25, 0.3) is 0 Å². The van der Waals surface area contributed by atoms with E-state index >= 15 is 0 Å². The van der Waals surface area contributed by atoms with E-state index in [0.717, 1.165) is 11.1 Å². The van der Waals surface area contributed by atoms with Gasteiger partial charge in [0.15, 0.2) is 12.4 Å². The van der Waals surface area contributed by atoms with Gasteiger partial charge < -0.3 is 10.1 Å². The molecule has 1 N–H and O–H groups in total. The minimum absolute atomic E-state index is 0.0295. The van der Waals surface area contributed by atoms with Crippen molar-refractivity contribution in [1.29, 1.82) is 0 Å². The number of amides is 1. The van der Waals surface area contributed by atoms with Gasteiger partial charge in [0.05, 0.1) is 0 Å². The summed E-state index contributed by atoms with van der Waals surface area (Å²) < 4.78 is 5.57. The van der Waals surface area contributed by atoms with Gasteiger partial charge in [-0.3, -0.25) is 9.59 Å². The summed E-state index contributed by atoms with van der Waals surface area (Å²) >= 11 is 0. The molecule has 0 saturated heterocycles. The summed E-state index contributed by atoms with van der Waals surface area (Å²) in [6.07, 6.45) is 0. The van der Waals surface area contributed by atoms with E-state index in [9.17, 15) is 9.59 Å². The molecular formula is C23H21NO3. The van der Waals surface area contributed by atoms with Crippen LogP contribution in [0.4, 0.5) is 5.69 Å². The number of carbonyl (C=O) groups is 2. The summed E-state index contributed by atoms with van der Waals surface area (Å²) in [6, 6.07) is 21.6. The second-order valence-corrected chi connectivity index (χ2v) is 6.36. The Morgan fingerprint density at radius 3 is 2.19 bits per heavy atom. The molecule has 0 atom stereocenters. The van der Waals surface area contributed by atoms with Gasteiger partial charge in [0.2, 0.25) is 0 Å². The highest BCUT2D eigenvalue weighted by atomic mass is 16.5. The average Bonchev–Trinajstić information content (AvgIpc) is 2.70. The zero-order valence-electron chi connectivity index (χ0n) is 15.4. The van der Waals surface area contributed by atoms with E-state index in [1.54, 1.807) is 36.4 Å². The number of hydrogen-bond acceptors (Lipinski definition) is 3. The standard InChI is InChI=1S/C23H21NO3/c1-16-8-9-19(14-17(16)2)22(25)15-27-21-12-10-20(11-13-21)24-23(26)18-6-4-3-5-7-18/h3-14H,15H2,1-2H3,(H,24,26). The third-order valence-corrected chi connectivity index (χ3v) is 4.35. The molecular weight excluding hydrogens is 338 g/mol. The second-order valence-electron chi connectivity index (χ2n) is 6.36. The monoisotopic (exact) mass is 359 g/mol. The number of carbonyl (C=O) groups excluding carboxylic acids is 2. The number of Topliss-reactive ketones (excluding diaryl/α,β-unsaturated/α-hetero) is 1. The van der Waals surface area contributed by atoms with Gasteiger partial charge in [-0.1, -0.05) is 30.3 Å². The molecule has 3 rings (SSSR count). The van der Waals surface area contributed by atoms with Crippen molar-refractivity contribution < 1.29 is 14.3 Å². The van der Waals surface area contributed by atoms with Crippen molar-refractivity contribution in [2.24, 2.45) is 0 Å². The van der Waals surface area contributed by atoms with Crippen molar-refractivity contribution in [3.8, 4) is 5.75 Å². The molecule has 0 bridgehead atoms. The van der Waals surface area contributed by atoms with Crippen molar-refractivity contribution in [1.82, 2.24) is 0 Å². The number of ketones is 1. The van der Waals surface area contributed by atoms with Gasteiger partial charge in [-0.25, -0.2) is 0 Å². The molecule has 0 heterocycles. The first-order chi connectivity index (χ1) is 13.0. The first-order valence-electron chi connectivity index (χ1n) is 8.72. The smallest absolute Gasteiger partial charge is 0.255 e. The molecule has 0 spiro atoms. The Hall–Kier alpha value is -3.40. The topological polar surface area (TPSA) is 55.4 Å². The number of anilines is 1. The summed E-state index contributed by atoms with van der Waals surface area (Å²) in [5, 5.41) is 2.83. The van der Waals surface area contributed by atoms with E-state index in [1.807, 2.05) is 50.2 Å². The molecule has 27 heavy (non-hydrogen) atoms. The first-order valence-corrected chi connectivity index (χ1v) is 8.72. The van der Waals surface area contributed by atoms with Crippen LogP contribution in [0.3, 0.4) is 0 Å². The maximum Gasteiger partial charge on any atom is 0.255 e. The van der Waals surface area contributed by atoms with Crippen molar-refractivity contribution >= 4 is 17.4 Å². The SMILES string of the molecule is Cc1ccc(C(=O)COc2ccc(NC(=O)c3ccccc3)cc2)cc1C. The van der Waals surface area contributed by atoms with Crippen LogP contribution in [-0.2, 0) is 0 Å². The molecule has 0 fully saturated rings. The fourth-order valence-corrected chi connectivity index (χ4v) is 2.57. The normalized spacial score (nSPS) is 10.3. The lowest BCUT2D eigenvalue weighted by atomic mass is 10.0. The van der Waals surface area contributed by atoms with E-state index < -0.39 is 0 Å². The van der Waals surface area contributed by atoms with E-state index in [0.29, 0.717) is 22.6 Å². The minimum atomic E-state index is -0.172. The molecule has 3 aromatic carbocycles. The summed E-state index contributed by atoms with van der Waals surface area (Å²) in [6.45, 7) is 3.96. The lowest BCUT2D eigenvalue weighted by Gasteiger charge is -2.09. The second kappa shape index (κ2) is 8.32. The third kappa shape index (κ3) is 4.82. The van der Waals surface area contributed by atoms with Crippen LogP contribution in [0.1, 0.15) is 31.8 Å². The lowest BCUT2D eigenvalue weighted by molar-refractivity contribution is 0.0921. The molecule has 0 aliphatic heterocycles. The van der Waals surface area contributed by atoms with Gasteiger partial charge in [0, 0.05) is 16.8 Å². The summed E-state index contributed by atoms with van der Waals surface area (Å²) in [5.41, 5.74) is 4.14. The Kier molecular flexibility index (Phi) is 5.67. The number of hydrogen-bond donors (Lipinski definition) is 1. The van der Waals surface area contributed by atoms with E-state index in [1.165, 1.54) is 0 Å². The van der Waals surface area contributed by atoms with Gasteiger partial charge in [0.25, 0.3) is 5.91 Å². The van der Waals surface area contributed by atoms with E-state index in [2.05, 4.69) is 5.32 Å². The number of aryl methyl sites for hydroxylation is 2. The number of ether oxygens (including phenoxy) is 1. The fourth-order valence-electron chi connectivity index (χ4n) is 2.57. The number of nitrogens with one attached hydrogen (secondary N) is 1. The largest absolute Gasteiger partial charge is 0.485 e. The Bertz CT molecular complexity index is 947. The molecule has 0 aliphatic carbocycles. The summed E-state index contributed by atoms with van der Waals surface area (Å²) in [5.74, 6) is 0.332. The average molecular weight is 359 g/mol. The number of benzene rings is 3. The first kappa shape index (κ1) is 18.4. The van der Waals surface area contributed by atoms with Crippen LogP contribution in [0.5, 0.6) is 5.75 Å². The molecule has 4 nitrogen and oxygen atoms in total. The van der Waals surface area contributed by atoms with Crippen LogP contribution in [0, 0.1) is 13.8 Å². The van der Waals surface area contributed by atoms with Gasteiger partial charge in [0.1, 0.15) is 5.75 Å². The van der Waals surface area contributed by atoms with Crippen LogP contribution < -0.4 is 10.1 Å². The molecule has 136 valence electrons. The molecule has 0 saturated carbocycles. The zero-order valence-corrected chi connectivity index (χ0v) is 15.4. The fraction of sp³-hybridized carbons (Fsp3) is 0.130. The highest BCUT2D eigenvalue weighted by Crippen LogP contribution is 2.17. The Morgan fingerprint density at radius 2 is 1.52 bits per heavy atom. The van der Waals surface area contributed by atoms with Crippen molar-refractivity contribution in [2.45, 2.75) is 13.8 Å². The Morgan fingerprint density at radius 1 is 0.815 bits per heavy atom. The van der Waals surface area contributed by atoms with Gasteiger partial charge >= 0.3 is 0 Å². The van der Waals surface area contributed by atoms with Gasteiger partial charge in [-0.15, -0.1) is 0 Å². The molecule has 0 aliphatic rings. The van der Waals surface area contributed by atoms with Crippen LogP contribution in [0.2, 0.25) is 0 Å². The highest BCUT2D eigenvalue weighted by Gasteiger charge is 2.09. The van der Waals surface area contributed by atoms with Gasteiger partial charge in [-0.05, 0) is 67.4 Å². The lowest BCUT2D eigenvalue weighted by Crippen LogP contribution is -2.13. The van der Waals surface area contributed by atoms with Crippen LogP contribution in [-0.4, -0.2) is 18.3 Å². The maximum absolute atomic E-state index is 12.3. The Balaban J connectivity index is 1.56. The molecule has 0 aromatic heterocycles. The third-order valence-electron chi connectivity index (χ3n) is 4.35. The highest BCUT2D eigenvalue weighted by molar-refractivity contribution is 6.04. The quantitative estimate of drug-likeness (QED) is 0.642. The predicted molar refractivity (Wildman–Crippen MR) is 107 cm³/mol. The molecule has 3 aromatic rings. The van der Waals surface area contributed by atoms with Crippen LogP contribution in [0.15, 0.2) is 72.8 Å². The van der Waals surface area contributed by atoms with Crippen molar-refractivity contribution in [3.05, 3.63) is 95.1 Å². The van der Waals surface area contributed by atoms with Gasteiger partial charge in [-0.2, -0.15) is 0 Å². The molecule has 1 amide bonds.